The van der Waals surface area contributed by atoms with Gasteiger partial charge < -0.3 is 4.55 Å². The van der Waals surface area contributed by atoms with E-state index in [4.69, 9.17) is 0 Å². The van der Waals surface area contributed by atoms with Crippen molar-refractivity contribution in [2.75, 3.05) is 13.6 Å². The maximum absolute atomic E-state index is 10.8. The predicted molar refractivity (Wildman–Crippen MR) is 91.2 cm³/mol. The first-order valence-corrected chi connectivity index (χ1v) is 8.50. The molecule has 2 aromatic carbocycles. The minimum absolute atomic E-state index is 0.499. The van der Waals surface area contributed by atoms with Crippen LogP contribution >= 0.6 is 0 Å². The lowest BCUT2D eigenvalue weighted by atomic mass is 9.98. The van der Waals surface area contributed by atoms with E-state index in [1.165, 1.54) is 21.0 Å². The van der Waals surface area contributed by atoms with Crippen LogP contribution in [-0.2, 0) is 17.7 Å². The molecule has 22 heavy (non-hydrogen) atoms. The van der Waals surface area contributed by atoms with Crippen LogP contribution < -0.4 is 0 Å². The number of nitrogens with zero attached hydrogens (tertiary/aromatic N) is 1. The highest BCUT2D eigenvalue weighted by molar-refractivity contribution is 7.76. The Morgan fingerprint density at radius 3 is 1.95 bits per heavy atom. The summed E-state index contributed by atoms with van der Waals surface area (Å²) in [5.74, 6) is 0.542. The fourth-order valence-corrected chi connectivity index (χ4v) is 2.53. The fraction of sp³-hybridized carbons (Fsp3) is 0.333. The molecule has 0 saturated carbocycles. The van der Waals surface area contributed by atoms with Gasteiger partial charge in [0.2, 0.25) is 0 Å². The summed E-state index contributed by atoms with van der Waals surface area (Å²) in [4.78, 5) is 0. The number of hydrogen-bond acceptors (Lipinski definition) is 2. The third kappa shape index (κ3) is 4.50. The molecule has 0 heterocycles. The summed E-state index contributed by atoms with van der Waals surface area (Å²) in [5, 5.41) is 0. The van der Waals surface area contributed by atoms with Gasteiger partial charge in [0.15, 0.2) is 0 Å². The normalized spacial score (nSPS) is 12.8. The van der Waals surface area contributed by atoms with Gasteiger partial charge in [-0.2, -0.15) is 0 Å². The van der Waals surface area contributed by atoms with E-state index in [1.807, 2.05) is 0 Å². The van der Waals surface area contributed by atoms with Crippen LogP contribution in [0.5, 0.6) is 0 Å². The van der Waals surface area contributed by atoms with Gasteiger partial charge in [0.25, 0.3) is 0 Å². The van der Waals surface area contributed by atoms with Crippen LogP contribution in [0.15, 0.2) is 48.5 Å². The van der Waals surface area contributed by atoms with Crippen molar-refractivity contribution < 1.29 is 8.76 Å². The average Bonchev–Trinajstić information content (AvgIpc) is 2.53. The lowest BCUT2D eigenvalue weighted by molar-refractivity contribution is 0.436. The third-order valence-corrected chi connectivity index (χ3v) is 4.53. The molecule has 0 aliphatic rings. The molecule has 0 radical (unpaired) electrons. The topological polar surface area (TPSA) is 43.4 Å². The van der Waals surface area contributed by atoms with Crippen molar-refractivity contribution in [2.45, 2.75) is 26.2 Å². The Labute approximate surface area is 135 Å². The van der Waals surface area contributed by atoms with E-state index >= 15 is 0 Å². The van der Waals surface area contributed by atoms with Gasteiger partial charge in [0.1, 0.15) is 0 Å². The van der Waals surface area contributed by atoms with Crippen LogP contribution in [0.1, 0.15) is 30.9 Å². The van der Waals surface area contributed by atoms with Gasteiger partial charge in [-0.1, -0.05) is 62.4 Å². The molecule has 1 unspecified atom stereocenters. The molecule has 0 aromatic heterocycles. The monoisotopic (exact) mass is 316 g/mol. The van der Waals surface area contributed by atoms with Gasteiger partial charge in [-0.3, -0.25) is 4.21 Å². The quantitative estimate of drug-likeness (QED) is 0.762. The maximum atomic E-state index is 10.8. The summed E-state index contributed by atoms with van der Waals surface area (Å²) >= 11 is -2.14. The molecule has 3 nitrogen and oxygen atoms in total. The van der Waals surface area contributed by atoms with Gasteiger partial charge in [-0.25, -0.2) is 4.31 Å². The van der Waals surface area contributed by atoms with Crippen molar-refractivity contribution in [1.82, 2.24) is 4.31 Å². The Kier molecular flexibility index (Phi) is 5.89. The lowest BCUT2D eigenvalue weighted by Crippen LogP contribution is -2.23. The van der Waals surface area contributed by atoms with Crippen LogP contribution in [0, 0.1) is 0 Å². The van der Waals surface area contributed by atoms with E-state index in [0.29, 0.717) is 12.5 Å². The highest BCUT2D eigenvalue weighted by atomic mass is 32.2. The van der Waals surface area contributed by atoms with Gasteiger partial charge in [0, 0.05) is 17.8 Å². The Bertz CT molecular complexity index is 621. The minimum atomic E-state index is -2.14. The molecule has 0 bridgehead atoms. The molecule has 0 aliphatic heterocycles. The second-order valence-corrected chi connectivity index (χ2v) is 6.85. The van der Waals surface area contributed by atoms with Crippen LogP contribution in [-0.4, -0.2) is 26.7 Å². The first-order valence-electron chi connectivity index (χ1n) is 7.47. The van der Waals surface area contributed by atoms with Crippen molar-refractivity contribution in [3.8, 4) is 11.1 Å². The molecule has 1 atom stereocenters. The smallest absolute Gasteiger partial charge is 0.0206 e. The molecule has 0 spiro atoms. The minimum Gasteiger partial charge on any atom is -0.760 e. The second-order valence-electron chi connectivity index (χ2n) is 5.79. The molecule has 0 saturated heterocycles. The standard InChI is InChI=1S/C18H23NO2S/c1-14(2)16-8-10-18(11-9-16)17-6-4-15(5-7-17)12-13-19(3)22(20)21/h4-11,14H,12-13H2,1-3H3,(H,20,21)/p-1. The van der Waals surface area contributed by atoms with E-state index in [0.717, 1.165) is 12.0 Å². The number of benzene rings is 2. The number of rotatable bonds is 6. The van der Waals surface area contributed by atoms with E-state index in [1.54, 1.807) is 7.05 Å². The summed E-state index contributed by atoms with van der Waals surface area (Å²) in [7, 11) is 1.58. The molecule has 2 aromatic rings. The zero-order chi connectivity index (χ0) is 16.1. The van der Waals surface area contributed by atoms with Gasteiger partial charge in [-0.05, 0) is 41.6 Å². The van der Waals surface area contributed by atoms with Crippen LogP contribution in [0.4, 0.5) is 0 Å². The lowest BCUT2D eigenvalue weighted by Gasteiger charge is -2.18. The number of likely N-dealkylation sites (N-methyl/N-ethyl adjacent to an activating group) is 1. The molecule has 118 valence electrons. The summed E-state index contributed by atoms with van der Waals surface area (Å²) < 4.78 is 22.8. The SMILES string of the molecule is CC(C)c1ccc(-c2ccc(CCN(C)S(=O)[O-])cc2)cc1. The zero-order valence-electron chi connectivity index (χ0n) is 13.3. The first kappa shape index (κ1) is 16.9. The molecule has 2 rings (SSSR count). The van der Waals surface area contributed by atoms with Crippen LogP contribution in [0.2, 0.25) is 0 Å². The van der Waals surface area contributed by atoms with Crippen molar-refractivity contribution in [1.29, 1.82) is 0 Å². The summed E-state index contributed by atoms with van der Waals surface area (Å²) in [5.41, 5.74) is 4.86. The largest absolute Gasteiger partial charge is 0.760 e. The van der Waals surface area contributed by atoms with Gasteiger partial charge in [-0.15, -0.1) is 0 Å². The average molecular weight is 316 g/mol. The molecule has 0 fully saturated rings. The Morgan fingerprint density at radius 1 is 1.00 bits per heavy atom. The van der Waals surface area contributed by atoms with E-state index < -0.39 is 11.3 Å². The molecule has 4 heteroatoms. The third-order valence-electron chi connectivity index (χ3n) is 3.83. The van der Waals surface area contributed by atoms with E-state index in [-0.39, 0.29) is 0 Å². The highest BCUT2D eigenvalue weighted by Gasteiger charge is 2.03. The Balaban J connectivity index is 2.03. The van der Waals surface area contributed by atoms with Crippen molar-refractivity contribution in [2.24, 2.45) is 0 Å². The molecular formula is C18H22NO2S-. The van der Waals surface area contributed by atoms with Crippen molar-refractivity contribution >= 4 is 11.3 Å². The molecule has 0 N–H and O–H groups in total. The maximum Gasteiger partial charge on any atom is 0.0206 e. The highest BCUT2D eigenvalue weighted by Crippen LogP contribution is 2.23. The molecule has 0 aliphatic carbocycles. The van der Waals surface area contributed by atoms with Crippen LogP contribution in [0.3, 0.4) is 0 Å². The second kappa shape index (κ2) is 7.68. The molecular weight excluding hydrogens is 294 g/mol. The summed E-state index contributed by atoms with van der Waals surface area (Å²) in [6.45, 7) is 4.88. The fourth-order valence-electron chi connectivity index (χ4n) is 2.29. The predicted octanol–water partition coefficient (Wildman–Crippen LogP) is 3.75. The number of hydrogen-bond donors (Lipinski definition) is 0. The van der Waals surface area contributed by atoms with Gasteiger partial charge in [0.05, 0.1) is 0 Å². The Morgan fingerprint density at radius 2 is 1.50 bits per heavy atom. The van der Waals surface area contributed by atoms with Crippen molar-refractivity contribution in [3.63, 3.8) is 0 Å². The summed E-state index contributed by atoms with van der Waals surface area (Å²) in [6.07, 6.45) is 0.719. The van der Waals surface area contributed by atoms with Gasteiger partial charge >= 0.3 is 0 Å². The zero-order valence-corrected chi connectivity index (χ0v) is 14.1. The van der Waals surface area contributed by atoms with E-state index in [9.17, 15) is 8.76 Å². The van der Waals surface area contributed by atoms with Crippen molar-refractivity contribution in [3.05, 3.63) is 59.7 Å². The Hall–Kier alpha value is -1.49. The van der Waals surface area contributed by atoms with Crippen LogP contribution in [0.25, 0.3) is 11.1 Å². The van der Waals surface area contributed by atoms with E-state index in [2.05, 4.69) is 62.4 Å². The summed E-state index contributed by atoms with van der Waals surface area (Å²) in [6, 6.07) is 17.0. The molecule has 0 amide bonds. The first-order chi connectivity index (χ1) is 10.5.